The van der Waals surface area contributed by atoms with Gasteiger partial charge in [0.2, 0.25) is 11.8 Å². The molecule has 1 aromatic heterocycles. The molecule has 158 valence electrons. The molecule has 1 amide bonds. The van der Waals surface area contributed by atoms with E-state index in [1.54, 1.807) is 32.9 Å². The minimum absolute atomic E-state index is 0.208. The van der Waals surface area contributed by atoms with Crippen molar-refractivity contribution in [1.82, 2.24) is 10.3 Å². The third-order valence-corrected chi connectivity index (χ3v) is 5.54. The number of nitrogens with one attached hydrogen (secondary N) is 1. The van der Waals surface area contributed by atoms with Crippen molar-refractivity contribution in [2.45, 2.75) is 64.0 Å². The quantitative estimate of drug-likeness (QED) is 0.349. The van der Waals surface area contributed by atoms with Crippen molar-refractivity contribution in [2.24, 2.45) is 16.8 Å². The van der Waals surface area contributed by atoms with Crippen LogP contribution in [0.4, 0.5) is 0 Å². The van der Waals surface area contributed by atoms with Crippen LogP contribution in [0.15, 0.2) is 29.4 Å². The van der Waals surface area contributed by atoms with Crippen LogP contribution >= 0.6 is 0 Å². The summed E-state index contributed by atoms with van der Waals surface area (Å²) in [5.41, 5.74) is -0.509. The summed E-state index contributed by atoms with van der Waals surface area (Å²) in [6.07, 6.45) is 4.59. The molecule has 2 saturated carbocycles. The zero-order valence-corrected chi connectivity index (χ0v) is 17.3. The Morgan fingerprint density at radius 3 is 2.69 bits per heavy atom. The van der Waals surface area contributed by atoms with E-state index in [0.29, 0.717) is 42.5 Å². The number of nitrogens with zero attached hydrogens (tertiary/aromatic N) is 2. The average Bonchev–Trinajstić information content (AvgIpc) is 3.48. The minimum Gasteiger partial charge on any atom is -0.477 e. The predicted octanol–water partition coefficient (Wildman–Crippen LogP) is 2.57. The molecule has 3 rings (SSSR count). The number of amides is 1. The van der Waals surface area contributed by atoms with Gasteiger partial charge in [0.05, 0.1) is 23.4 Å². The first-order chi connectivity index (χ1) is 13.6. The molecule has 1 heterocycles. The number of nitrogens with two attached hydrogens (primary N) is 1. The highest BCUT2D eigenvalue weighted by molar-refractivity contribution is 5.93. The number of ether oxygens (including phenoxy) is 1. The Morgan fingerprint density at radius 2 is 2.14 bits per heavy atom. The Balaban J connectivity index is 1.79. The number of aromatic nitrogens is 1. The topological polar surface area (TPSA) is 119 Å². The molecule has 2 fully saturated rings. The van der Waals surface area contributed by atoms with E-state index in [1.807, 2.05) is 0 Å². The van der Waals surface area contributed by atoms with E-state index in [2.05, 4.69) is 26.7 Å². The predicted molar refractivity (Wildman–Crippen MR) is 109 cm³/mol. The summed E-state index contributed by atoms with van der Waals surface area (Å²) < 4.78 is 5.90. The van der Waals surface area contributed by atoms with E-state index in [1.165, 1.54) is 0 Å². The van der Waals surface area contributed by atoms with E-state index >= 15 is 0 Å². The molecule has 8 heteroatoms. The first kappa shape index (κ1) is 21.3. The van der Waals surface area contributed by atoms with Crippen LogP contribution in [0.1, 0.15) is 68.9 Å². The van der Waals surface area contributed by atoms with E-state index in [-0.39, 0.29) is 17.5 Å². The van der Waals surface area contributed by atoms with E-state index in [4.69, 9.17) is 10.6 Å². The van der Waals surface area contributed by atoms with Crippen LogP contribution in [0.25, 0.3) is 0 Å². The smallest absolute Gasteiger partial charge is 0.270 e. The molecule has 0 aliphatic heterocycles. The number of rotatable bonds is 8. The van der Waals surface area contributed by atoms with Gasteiger partial charge in [0.15, 0.2) is 0 Å². The van der Waals surface area contributed by atoms with Gasteiger partial charge >= 0.3 is 0 Å². The van der Waals surface area contributed by atoms with Gasteiger partial charge in [-0.1, -0.05) is 6.58 Å². The largest absolute Gasteiger partial charge is 0.477 e. The number of hydrogen-bond acceptors (Lipinski definition) is 7. The fraction of sp³-hybridized carbons (Fsp3) is 0.571. The molecule has 2 aliphatic carbocycles. The molecule has 0 aromatic carbocycles. The van der Waals surface area contributed by atoms with Crippen LogP contribution in [0.2, 0.25) is 0 Å². The number of aliphatic hydroxyl groups is 1. The van der Waals surface area contributed by atoms with Gasteiger partial charge in [-0.2, -0.15) is 5.90 Å². The summed E-state index contributed by atoms with van der Waals surface area (Å²) in [6, 6.07) is 3.36. The van der Waals surface area contributed by atoms with Crippen LogP contribution in [-0.4, -0.2) is 34.0 Å². The van der Waals surface area contributed by atoms with Gasteiger partial charge in [0.25, 0.3) is 5.91 Å². The summed E-state index contributed by atoms with van der Waals surface area (Å²) in [4.78, 5) is 26.0. The second-order valence-corrected chi connectivity index (χ2v) is 8.46. The highest BCUT2D eigenvalue weighted by Gasteiger charge is 2.40. The van der Waals surface area contributed by atoms with Crippen molar-refractivity contribution in [3.8, 4) is 5.88 Å². The summed E-state index contributed by atoms with van der Waals surface area (Å²) in [5.74, 6) is 5.82. The van der Waals surface area contributed by atoms with Crippen LogP contribution in [0.3, 0.4) is 0 Å². The standard InChI is InChI=1S/C21H30N4O4/c1-13(23-14(2)29-22)20(3,4)25-18(26)17-9-8-16(21(27)10-5-11-21)19(24-17)28-12-15-6-7-15/h8-9,15,27H,1,5-7,10-12,22H2,2-4H3,(H,25,26)/b23-14-. The van der Waals surface area contributed by atoms with E-state index in [9.17, 15) is 9.90 Å². The molecule has 29 heavy (non-hydrogen) atoms. The van der Waals surface area contributed by atoms with Crippen molar-refractivity contribution in [3.05, 3.63) is 35.7 Å². The Kier molecular flexibility index (Phi) is 5.95. The Bertz CT molecular complexity index is 826. The SMILES string of the molecule is C=C(/N=C(/C)ON)C(C)(C)NC(=O)c1ccc(C2(O)CCC2)c(OCC2CC2)n1. The highest BCUT2D eigenvalue weighted by Crippen LogP contribution is 2.44. The number of hydrogen-bond donors (Lipinski definition) is 3. The molecule has 0 atom stereocenters. The molecule has 0 saturated heterocycles. The minimum atomic E-state index is -0.914. The Labute approximate surface area is 171 Å². The molecule has 0 spiro atoms. The molecular weight excluding hydrogens is 372 g/mol. The second-order valence-electron chi connectivity index (χ2n) is 8.46. The number of carbonyl (C=O) groups is 1. The maximum Gasteiger partial charge on any atom is 0.270 e. The average molecular weight is 402 g/mol. The zero-order chi connectivity index (χ0) is 21.2. The lowest BCUT2D eigenvalue weighted by Crippen LogP contribution is -2.45. The lowest BCUT2D eigenvalue weighted by molar-refractivity contribution is -0.0414. The van der Waals surface area contributed by atoms with Crippen LogP contribution in [0.5, 0.6) is 5.88 Å². The fourth-order valence-corrected chi connectivity index (χ4v) is 3.07. The Morgan fingerprint density at radius 1 is 1.45 bits per heavy atom. The van der Waals surface area contributed by atoms with Crippen molar-refractivity contribution >= 4 is 11.8 Å². The summed E-state index contributed by atoms with van der Waals surface area (Å²) in [5, 5.41) is 13.6. The Hall–Kier alpha value is -2.45. The third kappa shape index (κ3) is 4.94. The third-order valence-electron chi connectivity index (χ3n) is 5.54. The number of pyridine rings is 1. The maximum absolute atomic E-state index is 12.8. The van der Waals surface area contributed by atoms with Crippen molar-refractivity contribution in [3.63, 3.8) is 0 Å². The van der Waals surface area contributed by atoms with E-state index in [0.717, 1.165) is 19.3 Å². The normalized spacial score (nSPS) is 18.6. The molecule has 1 aromatic rings. The fourth-order valence-electron chi connectivity index (χ4n) is 3.07. The maximum atomic E-state index is 12.8. The van der Waals surface area contributed by atoms with Gasteiger partial charge in [0.1, 0.15) is 5.69 Å². The number of carbonyl (C=O) groups excluding carboxylic acids is 1. The van der Waals surface area contributed by atoms with E-state index < -0.39 is 11.1 Å². The van der Waals surface area contributed by atoms with Crippen molar-refractivity contribution in [2.75, 3.05) is 6.61 Å². The molecular formula is C21H30N4O4. The second kappa shape index (κ2) is 8.12. The van der Waals surface area contributed by atoms with Crippen LogP contribution < -0.4 is 16.0 Å². The number of aliphatic imine (C=N–C) groups is 1. The highest BCUT2D eigenvalue weighted by atomic mass is 16.6. The molecule has 0 bridgehead atoms. The van der Waals surface area contributed by atoms with Gasteiger partial charge in [-0.05, 0) is 64.0 Å². The molecule has 4 N–H and O–H groups in total. The first-order valence-electron chi connectivity index (χ1n) is 9.95. The first-order valence-corrected chi connectivity index (χ1v) is 9.95. The van der Waals surface area contributed by atoms with Crippen LogP contribution in [0, 0.1) is 5.92 Å². The molecule has 0 unspecified atom stereocenters. The van der Waals surface area contributed by atoms with Gasteiger partial charge < -0.3 is 20.0 Å². The van der Waals surface area contributed by atoms with Gasteiger partial charge in [-0.3, -0.25) is 4.79 Å². The lowest BCUT2D eigenvalue weighted by Gasteiger charge is -2.37. The molecule has 0 radical (unpaired) electrons. The van der Waals surface area contributed by atoms with Crippen molar-refractivity contribution < 1.29 is 19.5 Å². The monoisotopic (exact) mass is 402 g/mol. The van der Waals surface area contributed by atoms with Crippen LogP contribution in [-0.2, 0) is 10.4 Å². The lowest BCUT2D eigenvalue weighted by atomic mass is 9.75. The summed E-state index contributed by atoms with van der Waals surface area (Å²) in [6.45, 7) is 9.58. The zero-order valence-electron chi connectivity index (χ0n) is 17.3. The van der Waals surface area contributed by atoms with Gasteiger partial charge in [0, 0.05) is 12.5 Å². The van der Waals surface area contributed by atoms with Crippen molar-refractivity contribution in [1.29, 1.82) is 0 Å². The molecule has 8 nitrogen and oxygen atoms in total. The summed E-state index contributed by atoms with van der Waals surface area (Å²) >= 11 is 0. The van der Waals surface area contributed by atoms with Gasteiger partial charge in [-0.15, -0.1) is 0 Å². The summed E-state index contributed by atoms with van der Waals surface area (Å²) in [7, 11) is 0. The molecule has 2 aliphatic rings. The van der Waals surface area contributed by atoms with Gasteiger partial charge in [-0.25, -0.2) is 9.98 Å².